The number of aromatic nitrogens is 3. The number of hydrogen-bond acceptors (Lipinski definition) is 4. The van der Waals surface area contributed by atoms with Crippen molar-refractivity contribution in [2.45, 2.75) is 56.5 Å². The molecule has 0 aliphatic heterocycles. The molecule has 108 valence electrons. The van der Waals surface area contributed by atoms with E-state index in [1.807, 2.05) is 0 Å². The Labute approximate surface area is 118 Å². The molecule has 5 nitrogen and oxygen atoms in total. The van der Waals surface area contributed by atoms with E-state index in [-0.39, 0.29) is 10.6 Å². The molecule has 0 saturated heterocycles. The van der Waals surface area contributed by atoms with Gasteiger partial charge in [0.25, 0.3) is 14.2 Å². The van der Waals surface area contributed by atoms with Crippen molar-refractivity contribution < 1.29 is 8.42 Å². The summed E-state index contributed by atoms with van der Waals surface area (Å²) in [7, 11) is 3.23. The van der Waals surface area contributed by atoms with Crippen LogP contribution in [0.4, 0.5) is 0 Å². The lowest BCUT2D eigenvalue weighted by Crippen LogP contribution is -2.28. The molecule has 1 heterocycles. The van der Waals surface area contributed by atoms with E-state index in [4.69, 9.17) is 10.7 Å². The molecule has 0 atom stereocenters. The van der Waals surface area contributed by atoms with E-state index in [0.717, 1.165) is 37.9 Å². The van der Waals surface area contributed by atoms with Crippen molar-refractivity contribution in [2.24, 2.45) is 13.0 Å². The Morgan fingerprint density at radius 2 is 1.89 bits per heavy atom. The number of halogens is 1. The number of hydrogen-bond donors (Lipinski definition) is 0. The first-order chi connectivity index (χ1) is 8.76. The fourth-order valence-electron chi connectivity index (χ4n) is 3.34. The lowest BCUT2D eigenvalue weighted by Gasteiger charge is -2.29. The fourth-order valence-corrected chi connectivity index (χ4v) is 4.30. The molecule has 0 bridgehead atoms. The quantitative estimate of drug-likeness (QED) is 0.802. The zero-order chi connectivity index (χ0) is 14.3. The predicted octanol–water partition coefficient (Wildman–Crippen LogP) is 2.60. The van der Waals surface area contributed by atoms with Crippen molar-refractivity contribution in [2.75, 3.05) is 0 Å². The van der Waals surface area contributed by atoms with Crippen LogP contribution in [0, 0.1) is 5.92 Å². The molecule has 0 radical (unpaired) electrons. The smallest absolute Gasteiger partial charge is 0.296 e. The van der Waals surface area contributed by atoms with Gasteiger partial charge in [0.1, 0.15) is 5.82 Å². The molecular weight excluding hydrogens is 286 g/mol. The molecular formula is C12H20ClN3O2S. The summed E-state index contributed by atoms with van der Waals surface area (Å²) in [5, 5.41) is 7.76. The Morgan fingerprint density at radius 3 is 2.32 bits per heavy atom. The summed E-state index contributed by atoms with van der Waals surface area (Å²) in [5.41, 5.74) is -0.0459. The summed E-state index contributed by atoms with van der Waals surface area (Å²) in [6.45, 7) is 4.35. The average Bonchev–Trinajstić information content (AvgIpc) is 2.83. The molecule has 0 amide bonds. The van der Waals surface area contributed by atoms with E-state index >= 15 is 0 Å². The molecule has 1 aromatic heterocycles. The van der Waals surface area contributed by atoms with Crippen molar-refractivity contribution in [3.05, 3.63) is 5.82 Å². The number of rotatable bonds is 4. The maximum Gasteiger partial charge on any atom is 0.296 e. The lowest BCUT2D eigenvalue weighted by molar-refractivity contribution is 0.319. The molecule has 1 aliphatic carbocycles. The summed E-state index contributed by atoms with van der Waals surface area (Å²) < 4.78 is 24.5. The van der Waals surface area contributed by atoms with Crippen LogP contribution >= 0.6 is 10.7 Å². The van der Waals surface area contributed by atoms with Crippen LogP contribution in [-0.2, 0) is 21.5 Å². The minimum Gasteiger partial charge on any atom is -0.303 e. The topological polar surface area (TPSA) is 64.8 Å². The molecule has 0 unspecified atom stereocenters. The van der Waals surface area contributed by atoms with Gasteiger partial charge in [0.2, 0.25) is 0 Å². The maximum absolute atomic E-state index is 11.5. The van der Waals surface area contributed by atoms with Crippen LogP contribution in [0.1, 0.15) is 51.8 Å². The van der Waals surface area contributed by atoms with E-state index < -0.39 is 9.05 Å². The third-order valence-corrected chi connectivity index (χ3v) is 5.09. The maximum atomic E-state index is 11.5. The van der Waals surface area contributed by atoms with Crippen LogP contribution in [0.5, 0.6) is 0 Å². The van der Waals surface area contributed by atoms with Crippen molar-refractivity contribution in [1.29, 1.82) is 0 Å². The molecule has 0 aromatic carbocycles. The first-order valence-electron chi connectivity index (χ1n) is 6.61. The van der Waals surface area contributed by atoms with Gasteiger partial charge < -0.3 is 4.57 Å². The van der Waals surface area contributed by atoms with Crippen LogP contribution in [0.25, 0.3) is 0 Å². The van der Waals surface area contributed by atoms with Gasteiger partial charge in [-0.2, -0.15) is 0 Å². The van der Waals surface area contributed by atoms with Gasteiger partial charge in [-0.25, -0.2) is 8.42 Å². The highest BCUT2D eigenvalue weighted by molar-refractivity contribution is 8.13. The Kier molecular flexibility index (Phi) is 3.93. The lowest BCUT2D eigenvalue weighted by atomic mass is 9.78. The van der Waals surface area contributed by atoms with E-state index in [0.29, 0.717) is 5.92 Å². The highest BCUT2D eigenvalue weighted by atomic mass is 35.7. The first-order valence-corrected chi connectivity index (χ1v) is 8.92. The van der Waals surface area contributed by atoms with Crippen LogP contribution in [0.15, 0.2) is 5.16 Å². The van der Waals surface area contributed by atoms with Gasteiger partial charge in [-0.3, -0.25) is 0 Å². The predicted molar refractivity (Wildman–Crippen MR) is 73.6 cm³/mol. The first kappa shape index (κ1) is 14.8. The fraction of sp³-hybridized carbons (Fsp3) is 0.833. The Hall–Kier alpha value is -0.620. The van der Waals surface area contributed by atoms with Crippen molar-refractivity contribution in [3.63, 3.8) is 0 Å². The molecule has 0 N–H and O–H groups in total. The van der Waals surface area contributed by atoms with E-state index in [2.05, 4.69) is 24.0 Å². The van der Waals surface area contributed by atoms with Gasteiger partial charge in [0.15, 0.2) is 0 Å². The van der Waals surface area contributed by atoms with E-state index in [1.54, 1.807) is 11.6 Å². The van der Waals surface area contributed by atoms with Crippen molar-refractivity contribution >= 4 is 19.7 Å². The third-order valence-electron chi connectivity index (χ3n) is 3.89. The summed E-state index contributed by atoms with van der Waals surface area (Å²) in [5.74, 6) is 1.30. The second kappa shape index (κ2) is 5.05. The largest absolute Gasteiger partial charge is 0.303 e. The normalized spacial score (nSPS) is 19.2. The van der Waals surface area contributed by atoms with Crippen LogP contribution < -0.4 is 0 Å². The molecule has 1 aromatic rings. The van der Waals surface area contributed by atoms with Crippen LogP contribution in [0.2, 0.25) is 0 Å². The SMILES string of the molecule is CC(C)CC1(c2nnc(S(=O)(=O)Cl)n2C)CCCC1. The molecule has 1 aliphatic rings. The Bertz CT molecular complexity index is 560. The molecule has 19 heavy (non-hydrogen) atoms. The monoisotopic (exact) mass is 305 g/mol. The van der Waals surface area contributed by atoms with Gasteiger partial charge in [-0.15, -0.1) is 10.2 Å². The van der Waals surface area contributed by atoms with E-state index in [9.17, 15) is 8.42 Å². The van der Waals surface area contributed by atoms with Crippen molar-refractivity contribution in [3.8, 4) is 0 Å². The van der Waals surface area contributed by atoms with E-state index in [1.165, 1.54) is 0 Å². The molecule has 1 fully saturated rings. The van der Waals surface area contributed by atoms with Gasteiger partial charge >= 0.3 is 0 Å². The second-order valence-corrected chi connectivity index (χ2v) is 8.35. The molecule has 0 spiro atoms. The molecule has 2 rings (SSSR count). The zero-order valence-electron chi connectivity index (χ0n) is 11.6. The van der Waals surface area contributed by atoms with Crippen LogP contribution in [-0.4, -0.2) is 23.2 Å². The standard InChI is InChI=1S/C12H20ClN3O2S/c1-9(2)8-12(6-4-5-7-12)10-14-15-11(16(10)3)19(13,17)18/h9H,4-8H2,1-3H3. The van der Waals surface area contributed by atoms with Gasteiger partial charge in [-0.1, -0.05) is 26.7 Å². The van der Waals surface area contributed by atoms with Gasteiger partial charge in [0, 0.05) is 23.1 Å². The minimum absolute atomic E-state index is 0.0459. The summed E-state index contributed by atoms with van der Waals surface area (Å²) in [6, 6.07) is 0. The molecule has 7 heteroatoms. The minimum atomic E-state index is -3.84. The highest BCUT2D eigenvalue weighted by Gasteiger charge is 2.41. The summed E-state index contributed by atoms with van der Waals surface area (Å²) >= 11 is 0. The van der Waals surface area contributed by atoms with Gasteiger partial charge in [0.05, 0.1) is 0 Å². The van der Waals surface area contributed by atoms with Gasteiger partial charge in [-0.05, 0) is 25.2 Å². The average molecular weight is 306 g/mol. The summed E-state index contributed by atoms with van der Waals surface area (Å²) in [6.07, 6.45) is 5.39. The van der Waals surface area contributed by atoms with Crippen LogP contribution in [0.3, 0.4) is 0 Å². The van der Waals surface area contributed by atoms with Crippen molar-refractivity contribution in [1.82, 2.24) is 14.8 Å². The third kappa shape index (κ3) is 2.79. The Balaban J connectivity index is 2.47. The second-order valence-electron chi connectivity index (χ2n) is 5.89. The number of nitrogens with zero attached hydrogens (tertiary/aromatic N) is 3. The molecule has 1 saturated carbocycles. The summed E-state index contributed by atoms with van der Waals surface area (Å²) in [4.78, 5) is 0. The highest BCUT2D eigenvalue weighted by Crippen LogP contribution is 2.45. The Morgan fingerprint density at radius 1 is 1.32 bits per heavy atom. The zero-order valence-corrected chi connectivity index (χ0v) is 13.1.